The van der Waals surface area contributed by atoms with Gasteiger partial charge in [-0.2, -0.15) is 9.57 Å². The maximum atomic E-state index is 12.3. The van der Waals surface area contributed by atoms with E-state index in [4.69, 9.17) is 16.9 Å². The Kier molecular flexibility index (Phi) is 6.05. The standard InChI is InChI=1S/C20H22ClN3O2S/c1-2-27(25,26)23-11-10-19(15-23)24(14-16-6-4-3-5-7-16)18-9-8-17(13-22)20(21)12-18/h3-9,12,19H,2,10-11,14-15H2,1H3/t19-/m0/s1. The Morgan fingerprint density at radius 1 is 1.26 bits per heavy atom. The van der Waals surface area contributed by atoms with Crippen LogP contribution in [0.4, 0.5) is 5.69 Å². The zero-order valence-corrected chi connectivity index (χ0v) is 16.7. The predicted molar refractivity (Wildman–Crippen MR) is 108 cm³/mol. The second-order valence-electron chi connectivity index (χ2n) is 6.59. The number of halogens is 1. The van der Waals surface area contributed by atoms with Crippen LogP contribution in [0.15, 0.2) is 48.5 Å². The van der Waals surface area contributed by atoms with Gasteiger partial charge >= 0.3 is 0 Å². The smallest absolute Gasteiger partial charge is 0.213 e. The lowest BCUT2D eigenvalue weighted by atomic mass is 10.1. The zero-order chi connectivity index (χ0) is 19.4. The number of anilines is 1. The maximum absolute atomic E-state index is 12.3. The second kappa shape index (κ2) is 8.30. The average Bonchev–Trinajstić information content (AvgIpc) is 3.17. The highest BCUT2D eigenvalue weighted by atomic mass is 35.5. The van der Waals surface area contributed by atoms with Crippen LogP contribution < -0.4 is 4.90 Å². The van der Waals surface area contributed by atoms with Gasteiger partial charge in [-0.1, -0.05) is 41.9 Å². The van der Waals surface area contributed by atoms with Crippen molar-refractivity contribution >= 4 is 27.3 Å². The Bertz CT molecular complexity index is 941. The fraction of sp³-hybridized carbons (Fsp3) is 0.350. The van der Waals surface area contributed by atoms with Crippen molar-refractivity contribution in [1.29, 1.82) is 5.26 Å². The number of sulfonamides is 1. The van der Waals surface area contributed by atoms with Gasteiger partial charge in [-0.05, 0) is 37.1 Å². The molecule has 142 valence electrons. The van der Waals surface area contributed by atoms with Crippen LogP contribution in [0.2, 0.25) is 5.02 Å². The van der Waals surface area contributed by atoms with E-state index in [2.05, 4.69) is 11.0 Å². The summed E-state index contributed by atoms with van der Waals surface area (Å²) in [6.45, 7) is 3.30. The van der Waals surface area contributed by atoms with Crippen LogP contribution in [-0.2, 0) is 16.6 Å². The summed E-state index contributed by atoms with van der Waals surface area (Å²) in [5.74, 6) is 0.112. The van der Waals surface area contributed by atoms with Crippen LogP contribution in [0.3, 0.4) is 0 Å². The molecule has 1 saturated heterocycles. The fourth-order valence-electron chi connectivity index (χ4n) is 3.38. The van der Waals surface area contributed by atoms with E-state index >= 15 is 0 Å². The monoisotopic (exact) mass is 403 g/mol. The van der Waals surface area contributed by atoms with Crippen molar-refractivity contribution in [2.24, 2.45) is 0 Å². The van der Waals surface area contributed by atoms with Crippen LogP contribution in [0, 0.1) is 11.3 Å². The molecule has 1 aliphatic rings. The van der Waals surface area contributed by atoms with E-state index in [1.807, 2.05) is 36.4 Å². The Hall–Kier alpha value is -2.07. The number of nitriles is 1. The van der Waals surface area contributed by atoms with Crippen LogP contribution in [-0.4, -0.2) is 37.6 Å². The topological polar surface area (TPSA) is 64.4 Å². The molecule has 1 heterocycles. The van der Waals surface area contributed by atoms with Crippen molar-refractivity contribution in [1.82, 2.24) is 4.31 Å². The van der Waals surface area contributed by atoms with E-state index in [0.29, 0.717) is 30.2 Å². The summed E-state index contributed by atoms with van der Waals surface area (Å²) in [5.41, 5.74) is 2.46. The third-order valence-corrected chi connectivity index (χ3v) is 7.09. The molecule has 5 nitrogen and oxygen atoms in total. The first-order valence-electron chi connectivity index (χ1n) is 8.92. The first-order valence-corrected chi connectivity index (χ1v) is 10.9. The van der Waals surface area contributed by atoms with Gasteiger partial charge in [-0.25, -0.2) is 8.42 Å². The van der Waals surface area contributed by atoms with E-state index in [1.165, 1.54) is 0 Å². The first kappa shape index (κ1) is 19.7. The molecule has 2 aromatic carbocycles. The van der Waals surface area contributed by atoms with Crippen LogP contribution in [0.25, 0.3) is 0 Å². The largest absolute Gasteiger partial charge is 0.363 e. The van der Waals surface area contributed by atoms with E-state index in [9.17, 15) is 8.42 Å². The normalized spacial score (nSPS) is 17.6. The highest BCUT2D eigenvalue weighted by Crippen LogP contribution is 2.30. The van der Waals surface area contributed by atoms with E-state index in [0.717, 1.165) is 17.7 Å². The van der Waals surface area contributed by atoms with Crippen molar-refractivity contribution in [2.75, 3.05) is 23.7 Å². The van der Waals surface area contributed by atoms with Gasteiger partial charge in [0.05, 0.1) is 16.3 Å². The van der Waals surface area contributed by atoms with Gasteiger partial charge in [0.1, 0.15) is 6.07 Å². The summed E-state index contributed by atoms with van der Waals surface area (Å²) >= 11 is 6.25. The van der Waals surface area contributed by atoms with Crippen molar-refractivity contribution < 1.29 is 8.42 Å². The molecule has 7 heteroatoms. The van der Waals surface area contributed by atoms with Gasteiger partial charge in [0.2, 0.25) is 10.0 Å². The van der Waals surface area contributed by atoms with E-state index in [-0.39, 0.29) is 11.8 Å². The van der Waals surface area contributed by atoms with Gasteiger partial charge in [-0.3, -0.25) is 0 Å². The molecule has 1 atom stereocenters. The Morgan fingerprint density at radius 3 is 2.63 bits per heavy atom. The molecule has 1 aliphatic heterocycles. The lowest BCUT2D eigenvalue weighted by Gasteiger charge is -2.31. The average molecular weight is 404 g/mol. The molecule has 27 heavy (non-hydrogen) atoms. The molecule has 0 N–H and O–H groups in total. The predicted octanol–water partition coefficient (Wildman–Crippen LogP) is 3.64. The van der Waals surface area contributed by atoms with Gasteiger partial charge in [0, 0.05) is 31.4 Å². The molecule has 0 spiro atoms. The second-order valence-corrected chi connectivity index (χ2v) is 9.26. The molecule has 0 radical (unpaired) electrons. The van der Waals surface area contributed by atoms with Gasteiger partial charge in [0.25, 0.3) is 0 Å². The summed E-state index contributed by atoms with van der Waals surface area (Å²) in [7, 11) is -3.20. The third kappa shape index (κ3) is 4.44. The number of hydrogen-bond acceptors (Lipinski definition) is 4. The summed E-state index contributed by atoms with van der Waals surface area (Å²) in [6.07, 6.45) is 0.754. The summed E-state index contributed by atoms with van der Waals surface area (Å²) in [4.78, 5) is 2.19. The molecule has 1 fully saturated rings. The van der Waals surface area contributed by atoms with Crippen LogP contribution in [0.1, 0.15) is 24.5 Å². The quantitative estimate of drug-likeness (QED) is 0.738. The molecule has 0 aromatic heterocycles. The Morgan fingerprint density at radius 2 is 2.00 bits per heavy atom. The summed E-state index contributed by atoms with van der Waals surface area (Å²) < 4.78 is 26.1. The summed E-state index contributed by atoms with van der Waals surface area (Å²) in [5, 5.41) is 9.53. The first-order chi connectivity index (χ1) is 12.9. The minimum absolute atomic E-state index is 0.0514. The molecule has 2 aromatic rings. The number of rotatable bonds is 6. The number of nitrogens with zero attached hydrogens (tertiary/aromatic N) is 3. The van der Waals surface area contributed by atoms with Crippen molar-refractivity contribution in [3.8, 4) is 6.07 Å². The van der Waals surface area contributed by atoms with Crippen LogP contribution >= 0.6 is 11.6 Å². The van der Waals surface area contributed by atoms with Crippen molar-refractivity contribution in [2.45, 2.75) is 25.9 Å². The van der Waals surface area contributed by atoms with Crippen molar-refractivity contribution in [3.05, 3.63) is 64.7 Å². The number of benzene rings is 2. The fourth-order valence-corrected chi connectivity index (χ4v) is 4.75. The molecular weight excluding hydrogens is 382 g/mol. The minimum Gasteiger partial charge on any atom is -0.363 e. The molecule has 0 saturated carbocycles. The van der Waals surface area contributed by atoms with Crippen LogP contribution in [0.5, 0.6) is 0 Å². The molecule has 0 unspecified atom stereocenters. The zero-order valence-electron chi connectivity index (χ0n) is 15.2. The summed E-state index contributed by atoms with van der Waals surface area (Å²) in [6, 6.07) is 17.6. The lowest BCUT2D eigenvalue weighted by molar-refractivity contribution is 0.469. The molecule has 3 rings (SSSR count). The molecule has 0 aliphatic carbocycles. The Balaban J connectivity index is 1.91. The maximum Gasteiger partial charge on any atom is 0.213 e. The molecule has 0 bridgehead atoms. The SMILES string of the molecule is CCS(=O)(=O)N1CC[C@H](N(Cc2ccccc2)c2ccc(C#N)c(Cl)c2)C1. The highest BCUT2D eigenvalue weighted by Gasteiger charge is 2.33. The number of hydrogen-bond donors (Lipinski definition) is 0. The highest BCUT2D eigenvalue weighted by molar-refractivity contribution is 7.89. The molecular formula is C20H22ClN3O2S. The minimum atomic E-state index is -3.20. The third-order valence-electron chi connectivity index (χ3n) is 4.93. The van der Waals surface area contributed by atoms with Crippen molar-refractivity contribution in [3.63, 3.8) is 0 Å². The Labute approximate surface area is 165 Å². The van der Waals surface area contributed by atoms with E-state index in [1.54, 1.807) is 23.4 Å². The van der Waals surface area contributed by atoms with E-state index < -0.39 is 10.0 Å². The molecule has 0 amide bonds. The van der Waals surface area contributed by atoms with Gasteiger partial charge in [-0.15, -0.1) is 0 Å². The van der Waals surface area contributed by atoms with Gasteiger partial charge < -0.3 is 4.90 Å². The lowest BCUT2D eigenvalue weighted by Crippen LogP contribution is -2.39. The van der Waals surface area contributed by atoms with Gasteiger partial charge in [0.15, 0.2) is 0 Å².